The molecule has 0 unspecified atom stereocenters. The van der Waals surface area contributed by atoms with Crippen LogP contribution in [0.2, 0.25) is 0 Å². The predicted molar refractivity (Wildman–Crippen MR) is 95.3 cm³/mol. The van der Waals surface area contributed by atoms with E-state index in [-0.39, 0.29) is 25.1 Å². The van der Waals surface area contributed by atoms with Crippen LogP contribution in [-0.4, -0.2) is 37.0 Å². The Hall–Kier alpha value is -2.18. The van der Waals surface area contributed by atoms with Crippen LogP contribution in [0.15, 0.2) is 30.3 Å². The first-order valence-corrected chi connectivity index (χ1v) is 8.22. The van der Waals surface area contributed by atoms with Gasteiger partial charge in [-0.3, -0.25) is 0 Å². The third-order valence-corrected chi connectivity index (χ3v) is 4.13. The van der Waals surface area contributed by atoms with Crippen molar-refractivity contribution in [3.05, 3.63) is 41.8 Å². The minimum atomic E-state index is -0.390. The van der Waals surface area contributed by atoms with Crippen LogP contribution >= 0.6 is 0 Å². The quantitative estimate of drug-likeness (QED) is 0.768. The SMILES string of the molecule is COc1cccc(-c2ccc(F)c(CN[C@@H](CO)C(C)C)n2)c1OC. The van der Waals surface area contributed by atoms with Crippen molar-refractivity contribution in [2.24, 2.45) is 5.92 Å². The average molecular weight is 348 g/mol. The largest absolute Gasteiger partial charge is 0.493 e. The maximum Gasteiger partial charge on any atom is 0.170 e. The van der Waals surface area contributed by atoms with Gasteiger partial charge in [-0.2, -0.15) is 0 Å². The summed E-state index contributed by atoms with van der Waals surface area (Å²) in [4.78, 5) is 4.44. The molecule has 0 aliphatic carbocycles. The number of hydrogen-bond acceptors (Lipinski definition) is 5. The maximum atomic E-state index is 14.1. The van der Waals surface area contributed by atoms with Crippen molar-refractivity contribution >= 4 is 0 Å². The van der Waals surface area contributed by atoms with E-state index in [1.807, 2.05) is 26.0 Å². The number of rotatable bonds is 8. The Morgan fingerprint density at radius 3 is 2.52 bits per heavy atom. The molecule has 25 heavy (non-hydrogen) atoms. The van der Waals surface area contributed by atoms with Gasteiger partial charge < -0.3 is 19.9 Å². The number of aliphatic hydroxyl groups is 1. The fourth-order valence-electron chi connectivity index (χ4n) is 2.59. The molecule has 1 aromatic heterocycles. The molecule has 6 heteroatoms. The fraction of sp³-hybridized carbons (Fsp3) is 0.421. The Bertz CT molecular complexity index is 707. The lowest BCUT2D eigenvalue weighted by Gasteiger charge is -2.20. The van der Waals surface area contributed by atoms with Gasteiger partial charge >= 0.3 is 0 Å². The van der Waals surface area contributed by atoms with Gasteiger partial charge in [0.15, 0.2) is 11.5 Å². The van der Waals surface area contributed by atoms with E-state index in [1.165, 1.54) is 6.07 Å². The van der Waals surface area contributed by atoms with Gasteiger partial charge in [0.2, 0.25) is 0 Å². The lowest BCUT2D eigenvalue weighted by Crippen LogP contribution is -2.36. The number of methoxy groups -OCH3 is 2. The summed E-state index contributed by atoms with van der Waals surface area (Å²) in [7, 11) is 3.12. The van der Waals surface area contributed by atoms with Crippen LogP contribution in [0.5, 0.6) is 11.5 Å². The van der Waals surface area contributed by atoms with E-state index in [1.54, 1.807) is 26.4 Å². The summed E-state index contributed by atoms with van der Waals surface area (Å²) in [6.07, 6.45) is 0. The third kappa shape index (κ3) is 4.46. The molecule has 5 nitrogen and oxygen atoms in total. The molecule has 1 atom stereocenters. The topological polar surface area (TPSA) is 63.6 Å². The first kappa shape index (κ1) is 19.1. The Balaban J connectivity index is 2.33. The molecular formula is C19H25FN2O3. The van der Waals surface area contributed by atoms with E-state index in [9.17, 15) is 9.50 Å². The molecule has 2 rings (SSSR count). The van der Waals surface area contributed by atoms with E-state index >= 15 is 0 Å². The number of hydrogen-bond donors (Lipinski definition) is 2. The third-order valence-electron chi connectivity index (χ3n) is 4.13. The van der Waals surface area contributed by atoms with Gasteiger partial charge in [-0.25, -0.2) is 9.37 Å². The number of benzene rings is 1. The molecule has 2 aromatic rings. The maximum absolute atomic E-state index is 14.1. The first-order valence-electron chi connectivity index (χ1n) is 8.22. The first-order chi connectivity index (χ1) is 12.0. The van der Waals surface area contributed by atoms with Crippen LogP contribution in [0, 0.1) is 11.7 Å². The van der Waals surface area contributed by atoms with Gasteiger partial charge in [0, 0.05) is 18.2 Å². The highest BCUT2D eigenvalue weighted by Gasteiger charge is 2.16. The molecule has 2 N–H and O–H groups in total. The number of aliphatic hydroxyl groups excluding tert-OH is 1. The Kier molecular flexibility index (Phi) is 6.73. The second-order valence-corrected chi connectivity index (χ2v) is 6.08. The van der Waals surface area contributed by atoms with E-state index in [0.29, 0.717) is 22.9 Å². The zero-order chi connectivity index (χ0) is 18.4. The molecule has 136 valence electrons. The number of nitrogens with one attached hydrogen (secondary N) is 1. The van der Waals surface area contributed by atoms with Crippen molar-refractivity contribution in [3.8, 4) is 22.8 Å². The molecule has 1 aromatic carbocycles. The summed E-state index contributed by atoms with van der Waals surface area (Å²) in [6.45, 7) is 4.21. The molecular weight excluding hydrogens is 323 g/mol. The van der Waals surface area contributed by atoms with Crippen molar-refractivity contribution in [2.45, 2.75) is 26.4 Å². The molecule has 0 saturated heterocycles. The number of nitrogens with zero attached hydrogens (tertiary/aromatic N) is 1. The van der Waals surface area contributed by atoms with Crippen LogP contribution in [0.25, 0.3) is 11.3 Å². The Morgan fingerprint density at radius 1 is 1.16 bits per heavy atom. The summed E-state index contributed by atoms with van der Waals surface area (Å²) < 4.78 is 24.9. The average Bonchev–Trinajstić information content (AvgIpc) is 2.62. The molecule has 0 radical (unpaired) electrons. The summed E-state index contributed by atoms with van der Waals surface area (Å²) in [5, 5.41) is 12.5. The van der Waals surface area contributed by atoms with Crippen molar-refractivity contribution in [2.75, 3.05) is 20.8 Å². The molecule has 0 bridgehead atoms. The highest BCUT2D eigenvalue weighted by Crippen LogP contribution is 2.37. The molecule has 0 spiro atoms. The Morgan fingerprint density at radius 2 is 1.92 bits per heavy atom. The minimum absolute atomic E-state index is 0.0112. The summed E-state index contributed by atoms with van der Waals surface area (Å²) >= 11 is 0. The van der Waals surface area contributed by atoms with Crippen LogP contribution in [0.1, 0.15) is 19.5 Å². The predicted octanol–water partition coefficient (Wildman–Crippen LogP) is 3.01. The second kappa shape index (κ2) is 8.78. The molecule has 0 saturated carbocycles. The van der Waals surface area contributed by atoms with E-state index < -0.39 is 5.82 Å². The van der Waals surface area contributed by atoms with Gasteiger partial charge in [-0.1, -0.05) is 19.9 Å². The fourth-order valence-corrected chi connectivity index (χ4v) is 2.59. The lowest BCUT2D eigenvalue weighted by molar-refractivity contribution is 0.209. The molecule has 0 aliphatic heterocycles. The van der Waals surface area contributed by atoms with Gasteiger partial charge in [0.05, 0.1) is 32.2 Å². The number of aromatic nitrogens is 1. The monoisotopic (exact) mass is 348 g/mol. The van der Waals surface area contributed by atoms with Crippen molar-refractivity contribution < 1.29 is 19.0 Å². The Labute approximate surface area is 147 Å². The zero-order valence-electron chi connectivity index (χ0n) is 15.0. The van der Waals surface area contributed by atoms with Crippen LogP contribution in [0.3, 0.4) is 0 Å². The number of para-hydroxylation sites is 1. The molecule has 0 amide bonds. The number of halogens is 1. The van der Waals surface area contributed by atoms with Gasteiger partial charge in [0.1, 0.15) is 5.82 Å². The number of ether oxygens (including phenoxy) is 2. The summed E-state index contributed by atoms with van der Waals surface area (Å²) in [5.74, 6) is 0.984. The van der Waals surface area contributed by atoms with Crippen LogP contribution in [-0.2, 0) is 6.54 Å². The molecule has 1 heterocycles. The summed E-state index contributed by atoms with van der Waals surface area (Å²) in [5.41, 5.74) is 1.62. The van der Waals surface area contributed by atoms with E-state index in [0.717, 1.165) is 5.56 Å². The lowest BCUT2D eigenvalue weighted by atomic mass is 10.1. The smallest absolute Gasteiger partial charge is 0.170 e. The van der Waals surface area contributed by atoms with Gasteiger partial charge in [-0.15, -0.1) is 0 Å². The van der Waals surface area contributed by atoms with Crippen molar-refractivity contribution in [1.82, 2.24) is 10.3 Å². The summed E-state index contributed by atoms with van der Waals surface area (Å²) in [6, 6.07) is 8.37. The zero-order valence-corrected chi connectivity index (χ0v) is 15.0. The molecule has 0 aliphatic rings. The highest BCUT2D eigenvalue weighted by molar-refractivity contribution is 5.71. The van der Waals surface area contributed by atoms with Crippen molar-refractivity contribution in [1.29, 1.82) is 0 Å². The number of pyridine rings is 1. The van der Waals surface area contributed by atoms with Gasteiger partial charge in [0.25, 0.3) is 0 Å². The second-order valence-electron chi connectivity index (χ2n) is 6.08. The van der Waals surface area contributed by atoms with Crippen LogP contribution < -0.4 is 14.8 Å². The van der Waals surface area contributed by atoms with E-state index in [4.69, 9.17) is 9.47 Å². The standard InChI is InChI=1S/C19H25FN2O3/c1-12(2)17(11-23)21-10-16-14(20)8-9-15(22-16)13-6-5-7-18(24-3)19(13)25-4/h5-9,12,17,21,23H,10-11H2,1-4H3/t17-/m0/s1. The van der Waals surface area contributed by atoms with E-state index in [2.05, 4.69) is 10.3 Å². The molecule has 0 fully saturated rings. The minimum Gasteiger partial charge on any atom is -0.493 e. The van der Waals surface area contributed by atoms with Gasteiger partial charge in [-0.05, 0) is 30.2 Å². The highest BCUT2D eigenvalue weighted by atomic mass is 19.1. The normalized spacial score (nSPS) is 12.3. The van der Waals surface area contributed by atoms with Crippen molar-refractivity contribution in [3.63, 3.8) is 0 Å². The van der Waals surface area contributed by atoms with Crippen LogP contribution in [0.4, 0.5) is 4.39 Å².